The van der Waals surface area contributed by atoms with Crippen LogP contribution in [0, 0.1) is 0 Å². The van der Waals surface area contributed by atoms with Crippen LogP contribution in [0.25, 0.3) is 0 Å². The Kier molecular flexibility index (Phi) is 4.97. The fraction of sp³-hybridized carbons (Fsp3) is 0.500. The van der Waals surface area contributed by atoms with E-state index in [1.807, 2.05) is 0 Å². The zero-order valence-corrected chi connectivity index (χ0v) is 13.1. The van der Waals surface area contributed by atoms with Gasteiger partial charge in [0, 0.05) is 19.8 Å². The first kappa shape index (κ1) is 15.9. The zero-order chi connectivity index (χ0) is 15.5. The van der Waals surface area contributed by atoms with Crippen molar-refractivity contribution in [1.82, 2.24) is 9.62 Å². The summed E-state index contributed by atoms with van der Waals surface area (Å²) in [4.78, 5) is 12.3. The van der Waals surface area contributed by atoms with Crippen molar-refractivity contribution >= 4 is 21.6 Å². The predicted octanol–water partition coefficient (Wildman–Crippen LogP) is 1.02. The lowest BCUT2D eigenvalue weighted by Gasteiger charge is -2.22. The number of piperidine rings is 1. The van der Waals surface area contributed by atoms with Crippen molar-refractivity contribution in [3.05, 3.63) is 24.3 Å². The molecule has 0 unspecified atom stereocenters. The van der Waals surface area contributed by atoms with Crippen molar-refractivity contribution in [2.45, 2.75) is 30.2 Å². The van der Waals surface area contributed by atoms with E-state index in [1.165, 1.54) is 26.2 Å². The molecular weight excluding hydrogens is 290 g/mol. The molecule has 0 spiro atoms. The average Bonchev–Trinajstić information content (AvgIpc) is 2.48. The van der Waals surface area contributed by atoms with Crippen molar-refractivity contribution in [3.63, 3.8) is 0 Å². The van der Waals surface area contributed by atoms with Gasteiger partial charge in [0.1, 0.15) is 0 Å². The predicted molar refractivity (Wildman–Crippen MR) is 81.6 cm³/mol. The van der Waals surface area contributed by atoms with Crippen LogP contribution in [0.1, 0.15) is 19.3 Å². The van der Waals surface area contributed by atoms with Gasteiger partial charge in [0.15, 0.2) is 0 Å². The normalized spacial score (nSPS) is 19.5. The van der Waals surface area contributed by atoms with E-state index in [9.17, 15) is 13.2 Å². The molecule has 2 rings (SSSR count). The summed E-state index contributed by atoms with van der Waals surface area (Å²) in [5, 5.41) is 5.98. The highest BCUT2D eigenvalue weighted by Gasteiger charge is 2.21. The molecule has 1 saturated heterocycles. The van der Waals surface area contributed by atoms with Crippen molar-refractivity contribution in [3.8, 4) is 0 Å². The first-order chi connectivity index (χ1) is 9.91. The first-order valence-electron chi connectivity index (χ1n) is 6.98. The Morgan fingerprint density at radius 3 is 2.43 bits per heavy atom. The molecule has 0 radical (unpaired) electrons. The van der Waals surface area contributed by atoms with Gasteiger partial charge >= 0.3 is 0 Å². The number of carbonyl (C=O) groups excluding carboxylic acids is 1. The number of carbonyl (C=O) groups is 1. The largest absolute Gasteiger partial charge is 0.325 e. The number of amides is 1. The molecule has 6 nitrogen and oxygen atoms in total. The van der Waals surface area contributed by atoms with Gasteiger partial charge in [-0.05, 0) is 43.7 Å². The van der Waals surface area contributed by atoms with E-state index < -0.39 is 10.0 Å². The van der Waals surface area contributed by atoms with E-state index in [0.717, 1.165) is 30.1 Å². The Balaban J connectivity index is 2.04. The number of sulfonamides is 1. The van der Waals surface area contributed by atoms with Crippen LogP contribution >= 0.6 is 0 Å². The number of nitrogens with one attached hydrogen (secondary N) is 2. The maximum Gasteiger partial charge on any atom is 0.242 e. The summed E-state index contributed by atoms with van der Waals surface area (Å²) in [6.07, 6.45) is 2.98. The third-order valence-electron chi connectivity index (χ3n) is 3.53. The fourth-order valence-electron chi connectivity index (χ4n) is 2.23. The van der Waals surface area contributed by atoms with Crippen LogP contribution in [0.4, 0.5) is 5.69 Å². The van der Waals surface area contributed by atoms with Gasteiger partial charge in [-0.1, -0.05) is 6.42 Å². The molecule has 1 aliphatic rings. The summed E-state index contributed by atoms with van der Waals surface area (Å²) in [5.74, 6) is -0.0714. The Morgan fingerprint density at radius 1 is 1.24 bits per heavy atom. The fourth-order valence-corrected chi connectivity index (χ4v) is 3.13. The zero-order valence-electron chi connectivity index (χ0n) is 12.3. The van der Waals surface area contributed by atoms with E-state index >= 15 is 0 Å². The summed E-state index contributed by atoms with van der Waals surface area (Å²) in [6, 6.07) is 6.05. The number of benzene rings is 1. The molecule has 0 aromatic heterocycles. The summed E-state index contributed by atoms with van der Waals surface area (Å²) >= 11 is 0. The minimum absolute atomic E-state index is 0.0714. The Bertz CT molecular complexity index is 590. The van der Waals surface area contributed by atoms with Gasteiger partial charge in [-0.2, -0.15) is 0 Å². The molecule has 0 saturated carbocycles. The van der Waals surface area contributed by atoms with E-state index in [1.54, 1.807) is 12.1 Å². The van der Waals surface area contributed by atoms with Gasteiger partial charge in [-0.3, -0.25) is 4.79 Å². The SMILES string of the molecule is CN(C)S(=O)(=O)c1ccc(NC(=O)[C@@H]2CCCCN2)cc1. The lowest BCUT2D eigenvalue weighted by Crippen LogP contribution is -2.43. The molecule has 1 heterocycles. The minimum Gasteiger partial charge on any atom is -0.325 e. The third-order valence-corrected chi connectivity index (χ3v) is 5.36. The number of anilines is 1. The average molecular weight is 311 g/mol. The highest BCUT2D eigenvalue weighted by Crippen LogP contribution is 2.17. The third kappa shape index (κ3) is 3.81. The van der Waals surface area contributed by atoms with Gasteiger partial charge in [-0.25, -0.2) is 12.7 Å². The summed E-state index contributed by atoms with van der Waals surface area (Å²) in [5.41, 5.74) is 0.602. The molecule has 0 aliphatic carbocycles. The van der Waals surface area contributed by atoms with Crippen LogP contribution < -0.4 is 10.6 Å². The van der Waals surface area contributed by atoms with Crippen LogP contribution in [0.5, 0.6) is 0 Å². The second kappa shape index (κ2) is 6.55. The molecule has 1 aromatic rings. The lowest BCUT2D eigenvalue weighted by molar-refractivity contribution is -0.118. The number of rotatable bonds is 4. The van der Waals surface area contributed by atoms with Crippen molar-refractivity contribution < 1.29 is 13.2 Å². The molecule has 1 amide bonds. The Morgan fingerprint density at radius 2 is 1.90 bits per heavy atom. The van der Waals surface area contributed by atoms with Crippen LogP contribution in [0.15, 0.2) is 29.2 Å². The molecule has 1 fully saturated rings. The molecule has 2 N–H and O–H groups in total. The smallest absolute Gasteiger partial charge is 0.242 e. The second-order valence-electron chi connectivity index (χ2n) is 5.30. The standard InChI is InChI=1S/C14H21N3O3S/c1-17(2)21(19,20)12-8-6-11(7-9-12)16-14(18)13-5-3-4-10-15-13/h6-9,13,15H,3-5,10H2,1-2H3,(H,16,18)/t13-/m0/s1. The maximum absolute atomic E-state index is 12.1. The van der Waals surface area contributed by atoms with Gasteiger partial charge in [-0.15, -0.1) is 0 Å². The lowest BCUT2D eigenvalue weighted by atomic mass is 10.0. The van der Waals surface area contributed by atoms with Gasteiger partial charge in [0.05, 0.1) is 10.9 Å². The molecule has 21 heavy (non-hydrogen) atoms. The highest BCUT2D eigenvalue weighted by atomic mass is 32.2. The van der Waals surface area contributed by atoms with Crippen molar-refractivity contribution in [2.75, 3.05) is 26.0 Å². The van der Waals surface area contributed by atoms with Crippen molar-refractivity contribution in [1.29, 1.82) is 0 Å². The number of nitrogens with zero attached hydrogens (tertiary/aromatic N) is 1. The summed E-state index contributed by atoms with van der Waals surface area (Å²) in [7, 11) is -0.463. The van der Waals surface area contributed by atoms with Gasteiger partial charge in [0.25, 0.3) is 0 Å². The topological polar surface area (TPSA) is 78.5 Å². The molecular formula is C14H21N3O3S. The van der Waals surface area contributed by atoms with Gasteiger partial charge in [0.2, 0.25) is 15.9 Å². The minimum atomic E-state index is -3.43. The van der Waals surface area contributed by atoms with Crippen LogP contribution in [0.2, 0.25) is 0 Å². The Hall–Kier alpha value is -1.44. The maximum atomic E-state index is 12.1. The first-order valence-corrected chi connectivity index (χ1v) is 8.42. The molecule has 1 atom stereocenters. The molecule has 1 aromatic carbocycles. The van der Waals surface area contributed by atoms with Crippen LogP contribution in [0.3, 0.4) is 0 Å². The van der Waals surface area contributed by atoms with E-state index in [4.69, 9.17) is 0 Å². The molecule has 0 bridgehead atoms. The van der Waals surface area contributed by atoms with Gasteiger partial charge < -0.3 is 10.6 Å². The number of hydrogen-bond donors (Lipinski definition) is 2. The summed E-state index contributed by atoms with van der Waals surface area (Å²) < 4.78 is 25.0. The molecule has 1 aliphatic heterocycles. The molecule has 116 valence electrons. The highest BCUT2D eigenvalue weighted by molar-refractivity contribution is 7.89. The monoisotopic (exact) mass is 311 g/mol. The quantitative estimate of drug-likeness (QED) is 0.870. The Labute approximate surface area is 125 Å². The summed E-state index contributed by atoms with van der Waals surface area (Å²) in [6.45, 7) is 0.859. The number of hydrogen-bond acceptors (Lipinski definition) is 4. The molecule has 7 heteroatoms. The second-order valence-corrected chi connectivity index (χ2v) is 7.46. The van der Waals surface area contributed by atoms with E-state index in [2.05, 4.69) is 10.6 Å². The van der Waals surface area contributed by atoms with E-state index in [0.29, 0.717) is 5.69 Å². The van der Waals surface area contributed by atoms with Crippen molar-refractivity contribution in [2.24, 2.45) is 0 Å². The van der Waals surface area contributed by atoms with E-state index in [-0.39, 0.29) is 16.8 Å². The van der Waals surface area contributed by atoms with Crippen LogP contribution in [-0.2, 0) is 14.8 Å². The van der Waals surface area contributed by atoms with Crippen LogP contribution in [-0.4, -0.2) is 45.3 Å².